The van der Waals surface area contributed by atoms with Crippen molar-refractivity contribution in [3.05, 3.63) is 97.5 Å². The van der Waals surface area contributed by atoms with Crippen LogP contribution in [0.2, 0.25) is 0 Å². The van der Waals surface area contributed by atoms with E-state index in [0.29, 0.717) is 33.9 Å². The topological polar surface area (TPSA) is 125 Å². The second kappa shape index (κ2) is 14.5. The molecule has 1 aromatic heterocycles. The van der Waals surface area contributed by atoms with Crippen LogP contribution in [0.5, 0.6) is 0 Å². The summed E-state index contributed by atoms with van der Waals surface area (Å²) < 4.78 is 3.10. The van der Waals surface area contributed by atoms with Gasteiger partial charge in [0.05, 0.1) is 33.1 Å². The summed E-state index contributed by atoms with van der Waals surface area (Å²) in [6.07, 6.45) is 15.5. The van der Waals surface area contributed by atoms with Gasteiger partial charge in [0.25, 0.3) is 17.4 Å². The highest BCUT2D eigenvalue weighted by molar-refractivity contribution is 9.10. The lowest BCUT2D eigenvalue weighted by Crippen LogP contribution is -2.54. The third-order valence-corrected chi connectivity index (χ3v) is 16.6. The normalized spacial score (nSPS) is 24.3. The van der Waals surface area contributed by atoms with Crippen LogP contribution in [0.15, 0.2) is 63.9 Å². The molecule has 3 saturated heterocycles. The average molecular weight is 872 g/mol. The van der Waals surface area contributed by atoms with E-state index in [4.69, 9.17) is 4.98 Å². The van der Waals surface area contributed by atoms with Gasteiger partial charge in [-0.1, -0.05) is 37.5 Å². The first-order valence-electron chi connectivity index (χ1n) is 22.3. The third-order valence-electron chi connectivity index (χ3n) is 15.9. The molecule has 0 radical (unpaired) electrons. The van der Waals surface area contributed by atoms with Gasteiger partial charge in [-0.3, -0.25) is 38.8 Å². The van der Waals surface area contributed by atoms with Crippen molar-refractivity contribution < 1.29 is 19.2 Å². The Hall–Kier alpha value is -4.68. The van der Waals surface area contributed by atoms with Gasteiger partial charge in [-0.05, 0) is 159 Å². The molecule has 1 N–H and O–H groups in total. The Morgan fingerprint density at radius 3 is 2.23 bits per heavy atom. The fraction of sp³-hybridized carbons (Fsp3) is 0.500. The van der Waals surface area contributed by atoms with Crippen molar-refractivity contribution in [3.63, 3.8) is 0 Å². The molecule has 4 aromatic rings. The molecule has 2 spiro atoms. The zero-order chi connectivity index (χ0) is 40.9. The van der Waals surface area contributed by atoms with E-state index in [9.17, 15) is 24.0 Å². The SMILES string of the molecule is O=C1CCC(N2C(=O)c3ccc(N4CCC5(CCC(N6CCC(c7ccc8c(c7)C7(CCCCC7)c7nc(=O)c9c(Br)cccc9n7-8)CC6)CC5)CC4)cc3C2=O)C(=O)N1. The summed E-state index contributed by atoms with van der Waals surface area (Å²) in [4.78, 5) is 75.4. The molecular weight excluding hydrogens is 820 g/mol. The van der Waals surface area contributed by atoms with Crippen molar-refractivity contribution in [1.82, 2.24) is 24.7 Å². The van der Waals surface area contributed by atoms with Crippen molar-refractivity contribution in [2.24, 2.45) is 5.41 Å². The molecule has 5 aliphatic heterocycles. The Kier molecular flexibility index (Phi) is 9.22. The first-order valence-corrected chi connectivity index (χ1v) is 23.1. The van der Waals surface area contributed by atoms with Crippen molar-refractivity contribution in [2.45, 2.75) is 120 Å². The van der Waals surface area contributed by atoms with E-state index in [1.54, 1.807) is 6.07 Å². The fourth-order valence-electron chi connectivity index (χ4n) is 12.5. The number of rotatable bonds is 4. The van der Waals surface area contributed by atoms with Crippen LogP contribution in [-0.2, 0) is 15.0 Å². The second-order valence-corrected chi connectivity index (χ2v) is 19.7. The maximum absolute atomic E-state index is 13.5. The molecule has 2 aliphatic carbocycles. The van der Waals surface area contributed by atoms with Gasteiger partial charge in [-0.25, -0.2) is 0 Å². The predicted molar refractivity (Wildman–Crippen MR) is 232 cm³/mol. The highest BCUT2D eigenvalue weighted by Gasteiger charge is 2.48. The standard InChI is InChI=1S/C48H51BrN6O5/c49-36-5-4-6-38-41(36)43(58)51-46-48(17-2-1-3-18-48)35-27-30(7-10-37(35)54(38)46)29-15-23-52(24-16-29)31-13-19-47(20-14-31)21-25-53(26-22-47)32-8-9-33-34(28-32)45(60)55(44(33)59)39-11-12-40(56)50-42(39)57/h4-10,27-29,31,39H,1-3,11-26H2,(H,50,56,57). The number of hydrogen-bond acceptors (Lipinski definition) is 8. The summed E-state index contributed by atoms with van der Waals surface area (Å²) in [6, 6.07) is 18.4. The molecule has 11 nitrogen and oxygen atoms in total. The first-order chi connectivity index (χ1) is 29.1. The van der Waals surface area contributed by atoms with Crippen LogP contribution < -0.4 is 15.8 Å². The Morgan fingerprint density at radius 1 is 0.733 bits per heavy atom. The van der Waals surface area contributed by atoms with Crippen molar-refractivity contribution in [1.29, 1.82) is 0 Å². The van der Waals surface area contributed by atoms with E-state index < -0.39 is 23.8 Å². The summed E-state index contributed by atoms with van der Waals surface area (Å²) >= 11 is 3.64. The maximum atomic E-state index is 13.5. The molecule has 310 valence electrons. The second-order valence-electron chi connectivity index (χ2n) is 18.8. The van der Waals surface area contributed by atoms with Gasteiger partial charge in [0, 0.05) is 35.7 Å². The maximum Gasteiger partial charge on any atom is 0.281 e. The van der Waals surface area contributed by atoms with Crippen LogP contribution in [0, 0.1) is 5.41 Å². The number of amides is 4. The number of carbonyl (C=O) groups is 4. The molecular formula is C48H51BrN6O5. The van der Waals surface area contributed by atoms with E-state index in [1.807, 2.05) is 24.3 Å². The summed E-state index contributed by atoms with van der Waals surface area (Å²) in [5, 5.41) is 2.93. The number of halogens is 1. The number of anilines is 1. The highest BCUT2D eigenvalue weighted by Crippen LogP contribution is 2.53. The minimum Gasteiger partial charge on any atom is -0.371 e. The van der Waals surface area contributed by atoms with Crippen molar-refractivity contribution >= 4 is 56.1 Å². The Labute approximate surface area is 358 Å². The Balaban J connectivity index is 0.723. The van der Waals surface area contributed by atoms with E-state index in [0.717, 1.165) is 91.1 Å². The van der Waals surface area contributed by atoms with Gasteiger partial charge in [0.2, 0.25) is 11.8 Å². The van der Waals surface area contributed by atoms with Crippen LogP contribution in [-0.4, -0.2) is 81.2 Å². The minimum absolute atomic E-state index is 0.109. The number of likely N-dealkylation sites (tertiary alicyclic amines) is 1. The number of carbonyl (C=O) groups excluding carboxylic acids is 4. The minimum atomic E-state index is -0.953. The summed E-state index contributed by atoms with van der Waals surface area (Å²) in [5.74, 6) is -0.400. The largest absolute Gasteiger partial charge is 0.371 e. The molecule has 6 heterocycles. The molecule has 1 atom stereocenters. The Bertz CT molecular complexity index is 2540. The fourth-order valence-corrected chi connectivity index (χ4v) is 13.0. The number of imide groups is 2. The quantitative estimate of drug-likeness (QED) is 0.209. The number of fused-ring (bicyclic) bond motifs is 8. The number of benzene rings is 3. The number of nitrogens with zero attached hydrogens (tertiary/aromatic N) is 5. The highest BCUT2D eigenvalue weighted by atomic mass is 79.9. The number of nitrogens with one attached hydrogen (secondary N) is 1. The van der Waals surface area contributed by atoms with Gasteiger partial charge in [-0.2, -0.15) is 4.98 Å². The predicted octanol–water partition coefficient (Wildman–Crippen LogP) is 7.52. The van der Waals surface area contributed by atoms with Crippen LogP contribution in [0.1, 0.15) is 140 Å². The van der Waals surface area contributed by atoms with Gasteiger partial charge in [0.15, 0.2) is 0 Å². The summed E-state index contributed by atoms with van der Waals surface area (Å²) in [7, 11) is 0. The molecule has 12 heteroatoms. The van der Waals surface area contributed by atoms with Crippen molar-refractivity contribution in [2.75, 3.05) is 31.1 Å². The lowest BCUT2D eigenvalue weighted by Gasteiger charge is -2.49. The van der Waals surface area contributed by atoms with Crippen LogP contribution in [0.25, 0.3) is 16.6 Å². The number of hydrogen-bond donors (Lipinski definition) is 1. The van der Waals surface area contributed by atoms with Gasteiger partial charge >= 0.3 is 0 Å². The van der Waals surface area contributed by atoms with Crippen LogP contribution in [0.3, 0.4) is 0 Å². The third kappa shape index (κ3) is 5.97. The molecule has 5 fully saturated rings. The van der Waals surface area contributed by atoms with Crippen LogP contribution >= 0.6 is 15.9 Å². The Morgan fingerprint density at radius 2 is 1.48 bits per heavy atom. The summed E-state index contributed by atoms with van der Waals surface area (Å²) in [6.45, 7) is 4.10. The molecule has 2 saturated carbocycles. The summed E-state index contributed by atoms with van der Waals surface area (Å²) in [5.41, 5.74) is 6.61. The smallest absolute Gasteiger partial charge is 0.281 e. The van der Waals surface area contributed by atoms with E-state index in [-0.39, 0.29) is 29.7 Å². The number of piperidine rings is 3. The monoisotopic (exact) mass is 870 g/mol. The average Bonchev–Trinajstić information content (AvgIpc) is 3.67. The van der Waals surface area contributed by atoms with Gasteiger partial charge < -0.3 is 9.80 Å². The molecule has 4 amide bonds. The molecule has 3 aromatic carbocycles. The lowest BCUT2D eigenvalue weighted by atomic mass is 9.66. The lowest BCUT2D eigenvalue weighted by molar-refractivity contribution is -0.136. The number of aromatic nitrogens is 2. The molecule has 7 aliphatic rings. The van der Waals surface area contributed by atoms with E-state index in [2.05, 4.69) is 59.9 Å². The first kappa shape index (κ1) is 38.3. The zero-order valence-electron chi connectivity index (χ0n) is 34.0. The van der Waals surface area contributed by atoms with E-state index >= 15 is 0 Å². The molecule has 0 bridgehead atoms. The van der Waals surface area contributed by atoms with Gasteiger partial charge in [0.1, 0.15) is 11.9 Å². The molecule has 60 heavy (non-hydrogen) atoms. The molecule has 1 unspecified atom stereocenters. The zero-order valence-corrected chi connectivity index (χ0v) is 35.6. The van der Waals surface area contributed by atoms with E-state index in [1.165, 1.54) is 61.8 Å². The van der Waals surface area contributed by atoms with Crippen molar-refractivity contribution in [3.8, 4) is 5.69 Å². The molecule has 11 rings (SSSR count). The van der Waals surface area contributed by atoms with Crippen LogP contribution in [0.4, 0.5) is 5.69 Å². The van der Waals surface area contributed by atoms with Gasteiger partial charge in [-0.15, -0.1) is 0 Å².